The SMILES string of the molecule is COc1ccc(OC(C)C(=O)N2CCNC2=O)c([N+](=O)[O-])c1. The van der Waals surface area contributed by atoms with Crippen LogP contribution in [0.5, 0.6) is 11.5 Å². The van der Waals surface area contributed by atoms with E-state index in [-0.39, 0.29) is 18.0 Å². The van der Waals surface area contributed by atoms with Crippen LogP contribution >= 0.6 is 0 Å². The average Bonchev–Trinajstić information content (AvgIpc) is 2.92. The van der Waals surface area contributed by atoms with Gasteiger partial charge in [0.2, 0.25) is 0 Å². The van der Waals surface area contributed by atoms with Crippen molar-refractivity contribution in [2.45, 2.75) is 13.0 Å². The van der Waals surface area contributed by atoms with Crippen molar-refractivity contribution in [1.82, 2.24) is 10.2 Å². The van der Waals surface area contributed by atoms with Gasteiger partial charge in [-0.15, -0.1) is 0 Å². The zero-order valence-electron chi connectivity index (χ0n) is 12.1. The normalized spacial score (nSPS) is 15.2. The molecule has 118 valence electrons. The van der Waals surface area contributed by atoms with Gasteiger partial charge in [-0.3, -0.25) is 19.8 Å². The number of methoxy groups -OCH3 is 1. The number of amides is 3. The van der Waals surface area contributed by atoms with E-state index in [4.69, 9.17) is 9.47 Å². The maximum absolute atomic E-state index is 12.1. The summed E-state index contributed by atoms with van der Waals surface area (Å²) in [5, 5.41) is 13.6. The van der Waals surface area contributed by atoms with E-state index in [0.29, 0.717) is 12.3 Å². The highest BCUT2D eigenvalue weighted by Crippen LogP contribution is 2.31. The fourth-order valence-corrected chi connectivity index (χ4v) is 2.01. The van der Waals surface area contributed by atoms with Crippen LogP contribution in [0.2, 0.25) is 0 Å². The number of benzene rings is 1. The third-order valence-corrected chi connectivity index (χ3v) is 3.14. The summed E-state index contributed by atoms with van der Waals surface area (Å²) in [7, 11) is 1.39. The second-order valence-electron chi connectivity index (χ2n) is 4.57. The first kappa shape index (κ1) is 15.5. The van der Waals surface area contributed by atoms with Crippen LogP contribution in [-0.2, 0) is 4.79 Å². The van der Waals surface area contributed by atoms with Crippen LogP contribution in [0.4, 0.5) is 10.5 Å². The summed E-state index contributed by atoms with van der Waals surface area (Å²) in [5.41, 5.74) is -0.315. The highest BCUT2D eigenvalue weighted by Gasteiger charge is 2.31. The predicted molar refractivity (Wildman–Crippen MR) is 74.9 cm³/mol. The Kier molecular flexibility index (Phi) is 4.44. The van der Waals surface area contributed by atoms with Crippen LogP contribution in [0.1, 0.15) is 6.92 Å². The van der Waals surface area contributed by atoms with E-state index in [1.165, 1.54) is 32.2 Å². The number of carbonyl (C=O) groups is 2. The van der Waals surface area contributed by atoms with Crippen LogP contribution in [0.25, 0.3) is 0 Å². The Morgan fingerprint density at radius 1 is 1.50 bits per heavy atom. The monoisotopic (exact) mass is 309 g/mol. The maximum atomic E-state index is 12.1. The molecule has 1 aromatic rings. The molecule has 1 saturated heterocycles. The van der Waals surface area contributed by atoms with Crippen LogP contribution < -0.4 is 14.8 Å². The Morgan fingerprint density at radius 2 is 2.23 bits per heavy atom. The van der Waals surface area contributed by atoms with Crippen molar-refractivity contribution < 1.29 is 24.0 Å². The van der Waals surface area contributed by atoms with E-state index in [0.717, 1.165) is 4.90 Å². The molecule has 0 radical (unpaired) electrons. The van der Waals surface area contributed by atoms with Crippen molar-refractivity contribution in [2.24, 2.45) is 0 Å². The molecule has 1 fully saturated rings. The number of nitrogens with zero attached hydrogens (tertiary/aromatic N) is 2. The third kappa shape index (κ3) is 3.08. The smallest absolute Gasteiger partial charge is 0.324 e. The fraction of sp³-hybridized carbons (Fsp3) is 0.385. The Hall–Kier alpha value is -2.84. The standard InChI is InChI=1S/C13H15N3O6/c1-8(12(17)15-6-5-14-13(15)18)22-11-4-3-9(21-2)7-10(11)16(19)20/h3-4,7-8H,5-6H2,1-2H3,(H,14,18). The molecule has 1 unspecified atom stereocenters. The minimum Gasteiger partial charge on any atom is -0.496 e. The molecular formula is C13H15N3O6. The molecule has 0 saturated carbocycles. The van der Waals surface area contributed by atoms with Gasteiger partial charge in [-0.2, -0.15) is 0 Å². The number of hydrogen-bond acceptors (Lipinski definition) is 6. The number of hydrogen-bond donors (Lipinski definition) is 1. The molecule has 1 aliphatic rings. The molecule has 1 heterocycles. The summed E-state index contributed by atoms with van der Waals surface area (Å²) in [5.74, 6) is -0.316. The van der Waals surface area contributed by atoms with Gasteiger partial charge in [-0.1, -0.05) is 0 Å². The highest BCUT2D eigenvalue weighted by molar-refractivity contribution is 5.97. The van der Waals surface area contributed by atoms with Crippen molar-refractivity contribution in [3.8, 4) is 11.5 Å². The van der Waals surface area contributed by atoms with E-state index >= 15 is 0 Å². The number of nitrogens with one attached hydrogen (secondary N) is 1. The molecule has 9 heteroatoms. The first-order valence-electron chi connectivity index (χ1n) is 6.52. The first-order chi connectivity index (χ1) is 10.4. The zero-order valence-corrected chi connectivity index (χ0v) is 12.1. The highest BCUT2D eigenvalue weighted by atomic mass is 16.6. The van der Waals surface area contributed by atoms with Crippen molar-refractivity contribution >= 4 is 17.6 Å². The second-order valence-corrected chi connectivity index (χ2v) is 4.57. The van der Waals surface area contributed by atoms with Gasteiger partial charge in [0, 0.05) is 13.1 Å². The molecule has 0 spiro atoms. The zero-order chi connectivity index (χ0) is 16.3. The Morgan fingerprint density at radius 3 is 2.77 bits per heavy atom. The van der Waals surface area contributed by atoms with Gasteiger partial charge < -0.3 is 14.8 Å². The number of ether oxygens (including phenoxy) is 2. The number of rotatable bonds is 5. The van der Waals surface area contributed by atoms with E-state index in [9.17, 15) is 19.7 Å². The Bertz CT molecular complexity index is 618. The predicted octanol–water partition coefficient (Wildman–Crippen LogP) is 0.923. The van der Waals surface area contributed by atoms with Gasteiger partial charge in [0.05, 0.1) is 18.1 Å². The molecule has 2 rings (SSSR count). The van der Waals surface area contributed by atoms with E-state index in [1.807, 2.05) is 0 Å². The molecule has 0 aromatic heterocycles. The van der Waals surface area contributed by atoms with Gasteiger partial charge in [0.15, 0.2) is 11.9 Å². The molecule has 22 heavy (non-hydrogen) atoms. The van der Waals surface area contributed by atoms with Crippen LogP contribution in [0, 0.1) is 10.1 Å². The van der Waals surface area contributed by atoms with Crippen molar-refractivity contribution in [3.05, 3.63) is 28.3 Å². The molecule has 1 N–H and O–H groups in total. The average molecular weight is 309 g/mol. The largest absolute Gasteiger partial charge is 0.496 e. The third-order valence-electron chi connectivity index (χ3n) is 3.14. The number of nitro benzene ring substituents is 1. The lowest BCUT2D eigenvalue weighted by Gasteiger charge is -2.19. The molecule has 1 aliphatic heterocycles. The minimum absolute atomic E-state index is 0.0637. The topological polar surface area (TPSA) is 111 Å². The Labute approximate surface area is 125 Å². The van der Waals surface area contributed by atoms with Crippen molar-refractivity contribution in [2.75, 3.05) is 20.2 Å². The lowest BCUT2D eigenvalue weighted by atomic mass is 10.2. The van der Waals surface area contributed by atoms with Gasteiger partial charge in [-0.25, -0.2) is 4.79 Å². The Balaban J connectivity index is 2.17. The summed E-state index contributed by atoms with van der Waals surface area (Å²) in [4.78, 5) is 35.0. The van der Waals surface area contributed by atoms with Crippen molar-refractivity contribution in [1.29, 1.82) is 0 Å². The molecule has 9 nitrogen and oxygen atoms in total. The number of carbonyl (C=O) groups excluding carboxylic acids is 2. The van der Waals surface area contributed by atoms with Crippen LogP contribution in [0.15, 0.2) is 18.2 Å². The molecule has 0 aliphatic carbocycles. The summed E-state index contributed by atoms with van der Waals surface area (Å²) in [6.45, 7) is 2.05. The van der Waals surface area contributed by atoms with Gasteiger partial charge >= 0.3 is 11.7 Å². The molecule has 1 atom stereocenters. The van der Waals surface area contributed by atoms with Gasteiger partial charge in [0.25, 0.3) is 5.91 Å². The van der Waals surface area contributed by atoms with Crippen LogP contribution in [-0.4, -0.2) is 48.1 Å². The molecule has 0 bridgehead atoms. The van der Waals surface area contributed by atoms with E-state index < -0.39 is 23.0 Å². The number of nitro groups is 1. The summed E-state index contributed by atoms with van der Waals surface area (Å²) in [6.07, 6.45) is -1.03. The number of imide groups is 1. The van der Waals surface area contributed by atoms with Crippen LogP contribution in [0.3, 0.4) is 0 Å². The second kappa shape index (κ2) is 6.29. The van der Waals surface area contributed by atoms with Crippen molar-refractivity contribution in [3.63, 3.8) is 0 Å². The molecule has 1 aromatic carbocycles. The first-order valence-corrected chi connectivity index (χ1v) is 6.52. The maximum Gasteiger partial charge on any atom is 0.324 e. The summed E-state index contributed by atoms with van der Waals surface area (Å²) < 4.78 is 10.3. The lowest BCUT2D eigenvalue weighted by Crippen LogP contribution is -2.42. The van der Waals surface area contributed by atoms with E-state index in [1.54, 1.807) is 0 Å². The molecular weight excluding hydrogens is 294 g/mol. The van der Waals surface area contributed by atoms with Gasteiger partial charge in [0.1, 0.15) is 5.75 Å². The summed E-state index contributed by atoms with van der Waals surface area (Å²) in [6, 6.07) is 3.55. The quantitative estimate of drug-likeness (QED) is 0.639. The molecule has 3 amide bonds. The van der Waals surface area contributed by atoms with Gasteiger partial charge in [-0.05, 0) is 19.1 Å². The fourth-order valence-electron chi connectivity index (χ4n) is 2.01. The lowest BCUT2D eigenvalue weighted by molar-refractivity contribution is -0.386. The van der Waals surface area contributed by atoms with E-state index in [2.05, 4.69) is 5.32 Å². The number of urea groups is 1. The summed E-state index contributed by atoms with van der Waals surface area (Å²) >= 11 is 0. The minimum atomic E-state index is -1.03.